The molecule has 1 heterocycles. The minimum Gasteiger partial charge on any atom is -0.480 e. The number of carboxylic acids is 1. The first-order valence-corrected chi connectivity index (χ1v) is 5.52. The average Bonchev–Trinajstić information content (AvgIpc) is 2.87. The lowest BCUT2D eigenvalue weighted by Crippen LogP contribution is -2.43. The van der Waals surface area contributed by atoms with Gasteiger partial charge < -0.3 is 15.0 Å². The first-order valence-electron chi connectivity index (χ1n) is 5.52. The normalized spacial score (nSPS) is 17.6. The Morgan fingerprint density at radius 1 is 1.65 bits per heavy atom. The molecule has 1 aromatic rings. The van der Waals surface area contributed by atoms with Crippen LogP contribution in [-0.4, -0.2) is 26.2 Å². The Bertz CT molecular complexity index is 480. The second-order valence-electron chi connectivity index (χ2n) is 4.39. The Morgan fingerprint density at radius 3 is 2.76 bits per heavy atom. The van der Waals surface area contributed by atoms with Crippen molar-refractivity contribution in [3.05, 3.63) is 12.0 Å². The summed E-state index contributed by atoms with van der Waals surface area (Å²) in [6.07, 6.45) is 4.64. The molecule has 2 N–H and O–H groups in total. The van der Waals surface area contributed by atoms with E-state index in [1.54, 1.807) is 17.8 Å². The van der Waals surface area contributed by atoms with Crippen molar-refractivity contribution in [1.82, 2.24) is 9.55 Å². The SMILES string of the molecule is Cn1cc(NC2(C(=O)O)CCCC2)nc1C#N. The summed E-state index contributed by atoms with van der Waals surface area (Å²) < 4.78 is 1.58. The fourth-order valence-corrected chi connectivity index (χ4v) is 2.25. The highest BCUT2D eigenvalue weighted by Crippen LogP contribution is 2.33. The number of nitrogens with one attached hydrogen (secondary N) is 1. The first-order chi connectivity index (χ1) is 8.07. The van der Waals surface area contributed by atoms with Crippen LogP contribution in [0, 0.1) is 11.3 Å². The van der Waals surface area contributed by atoms with Crippen LogP contribution in [0.5, 0.6) is 0 Å². The van der Waals surface area contributed by atoms with Gasteiger partial charge in [-0.3, -0.25) is 0 Å². The maximum atomic E-state index is 11.3. The monoisotopic (exact) mass is 234 g/mol. The Kier molecular flexibility index (Phi) is 2.76. The lowest BCUT2D eigenvalue weighted by Gasteiger charge is -2.24. The van der Waals surface area contributed by atoms with Gasteiger partial charge in [-0.1, -0.05) is 12.8 Å². The molecule has 1 aromatic heterocycles. The molecule has 0 spiro atoms. The third-order valence-corrected chi connectivity index (χ3v) is 3.21. The second-order valence-corrected chi connectivity index (χ2v) is 4.39. The molecule has 17 heavy (non-hydrogen) atoms. The molecule has 6 nitrogen and oxygen atoms in total. The number of aryl methyl sites for hydroxylation is 1. The number of aliphatic carboxylic acids is 1. The smallest absolute Gasteiger partial charge is 0.329 e. The van der Waals surface area contributed by atoms with Gasteiger partial charge in [-0.05, 0) is 12.8 Å². The highest BCUT2D eigenvalue weighted by atomic mass is 16.4. The van der Waals surface area contributed by atoms with E-state index in [0.717, 1.165) is 12.8 Å². The Morgan fingerprint density at radius 2 is 2.29 bits per heavy atom. The summed E-state index contributed by atoms with van der Waals surface area (Å²) in [4.78, 5) is 15.4. The summed E-state index contributed by atoms with van der Waals surface area (Å²) in [5.41, 5.74) is -0.916. The van der Waals surface area contributed by atoms with E-state index in [1.807, 2.05) is 6.07 Å². The van der Waals surface area contributed by atoms with E-state index in [-0.39, 0.29) is 5.82 Å². The molecule has 1 aliphatic carbocycles. The predicted molar refractivity (Wildman–Crippen MR) is 60.4 cm³/mol. The van der Waals surface area contributed by atoms with E-state index >= 15 is 0 Å². The van der Waals surface area contributed by atoms with Gasteiger partial charge in [0.1, 0.15) is 17.4 Å². The van der Waals surface area contributed by atoms with Gasteiger partial charge in [-0.25, -0.2) is 9.78 Å². The second kappa shape index (κ2) is 4.09. The van der Waals surface area contributed by atoms with Crippen molar-refractivity contribution in [2.45, 2.75) is 31.2 Å². The maximum Gasteiger partial charge on any atom is 0.329 e. The number of imidazole rings is 1. The summed E-state index contributed by atoms with van der Waals surface area (Å²) in [7, 11) is 1.71. The van der Waals surface area contributed by atoms with Crippen LogP contribution in [0.2, 0.25) is 0 Å². The minimum atomic E-state index is -0.916. The van der Waals surface area contributed by atoms with Crippen LogP contribution < -0.4 is 5.32 Å². The molecule has 6 heteroatoms. The molecular formula is C11H14N4O2. The van der Waals surface area contributed by atoms with Crippen LogP contribution in [0.1, 0.15) is 31.5 Å². The Balaban J connectivity index is 2.24. The number of carbonyl (C=O) groups is 1. The van der Waals surface area contributed by atoms with E-state index in [1.165, 1.54) is 0 Å². The predicted octanol–water partition coefficient (Wildman–Crippen LogP) is 1.10. The van der Waals surface area contributed by atoms with E-state index in [0.29, 0.717) is 18.7 Å². The number of hydrogen-bond donors (Lipinski definition) is 2. The van der Waals surface area contributed by atoms with Crippen LogP contribution in [0.3, 0.4) is 0 Å². The van der Waals surface area contributed by atoms with Gasteiger partial charge in [-0.15, -0.1) is 0 Å². The third kappa shape index (κ3) is 1.96. The highest BCUT2D eigenvalue weighted by molar-refractivity contribution is 5.82. The van der Waals surface area contributed by atoms with Crippen molar-refractivity contribution >= 4 is 11.8 Å². The topological polar surface area (TPSA) is 90.9 Å². The molecule has 0 bridgehead atoms. The first kappa shape index (κ1) is 11.5. The lowest BCUT2D eigenvalue weighted by molar-refractivity contribution is -0.142. The van der Waals surface area contributed by atoms with Gasteiger partial charge in [0, 0.05) is 13.2 Å². The number of anilines is 1. The minimum absolute atomic E-state index is 0.269. The number of rotatable bonds is 3. The quantitative estimate of drug-likeness (QED) is 0.817. The number of nitriles is 1. The molecule has 90 valence electrons. The van der Waals surface area contributed by atoms with Gasteiger partial charge in [-0.2, -0.15) is 5.26 Å². The molecule has 0 atom stereocenters. The molecule has 0 aliphatic heterocycles. The fourth-order valence-electron chi connectivity index (χ4n) is 2.25. The summed E-state index contributed by atoms with van der Waals surface area (Å²) >= 11 is 0. The van der Waals surface area contributed by atoms with Gasteiger partial charge >= 0.3 is 5.97 Å². The van der Waals surface area contributed by atoms with Crippen LogP contribution >= 0.6 is 0 Å². The Hall–Kier alpha value is -2.03. The van der Waals surface area contributed by atoms with Crippen molar-refractivity contribution < 1.29 is 9.90 Å². The molecule has 0 amide bonds. The van der Waals surface area contributed by atoms with Gasteiger partial charge in [0.25, 0.3) is 0 Å². The number of hydrogen-bond acceptors (Lipinski definition) is 4. The molecule has 1 aliphatic rings. The fraction of sp³-hybridized carbons (Fsp3) is 0.545. The summed E-state index contributed by atoms with van der Waals surface area (Å²) in [5, 5.41) is 21.1. The third-order valence-electron chi connectivity index (χ3n) is 3.21. The van der Waals surface area contributed by atoms with Crippen molar-refractivity contribution in [3.8, 4) is 6.07 Å². The van der Waals surface area contributed by atoms with Gasteiger partial charge in [0.15, 0.2) is 0 Å². The molecule has 0 radical (unpaired) electrons. The molecule has 1 saturated carbocycles. The maximum absolute atomic E-state index is 11.3. The lowest BCUT2D eigenvalue weighted by atomic mass is 9.98. The molecule has 0 saturated heterocycles. The van der Waals surface area contributed by atoms with Crippen LogP contribution in [0.4, 0.5) is 5.82 Å². The zero-order chi connectivity index (χ0) is 12.5. The molecule has 1 fully saturated rings. The van der Waals surface area contributed by atoms with Crippen molar-refractivity contribution in [1.29, 1.82) is 5.26 Å². The Labute approximate surface area is 98.9 Å². The molecular weight excluding hydrogens is 220 g/mol. The van der Waals surface area contributed by atoms with E-state index in [9.17, 15) is 9.90 Å². The van der Waals surface area contributed by atoms with Crippen LogP contribution in [0.25, 0.3) is 0 Å². The van der Waals surface area contributed by atoms with Crippen molar-refractivity contribution in [2.24, 2.45) is 7.05 Å². The standard InChI is InChI=1S/C11H14N4O2/c1-15-7-8(13-9(15)6-12)14-11(10(16)17)4-2-3-5-11/h7,14H,2-5H2,1H3,(H,16,17). The zero-order valence-corrected chi connectivity index (χ0v) is 9.60. The summed E-state index contributed by atoms with van der Waals surface area (Å²) in [6.45, 7) is 0. The van der Waals surface area contributed by atoms with E-state index in [4.69, 9.17) is 5.26 Å². The zero-order valence-electron chi connectivity index (χ0n) is 9.60. The van der Waals surface area contributed by atoms with Crippen molar-refractivity contribution in [2.75, 3.05) is 5.32 Å². The highest BCUT2D eigenvalue weighted by Gasteiger charge is 2.41. The average molecular weight is 234 g/mol. The number of carboxylic acid groups (broad SMARTS) is 1. The molecule has 0 aromatic carbocycles. The summed E-state index contributed by atoms with van der Waals surface area (Å²) in [5.74, 6) is -0.126. The van der Waals surface area contributed by atoms with E-state index in [2.05, 4.69) is 10.3 Å². The number of nitrogens with zero attached hydrogens (tertiary/aromatic N) is 3. The van der Waals surface area contributed by atoms with Gasteiger partial charge in [0.2, 0.25) is 5.82 Å². The van der Waals surface area contributed by atoms with E-state index < -0.39 is 11.5 Å². The van der Waals surface area contributed by atoms with Crippen LogP contribution in [-0.2, 0) is 11.8 Å². The van der Waals surface area contributed by atoms with Gasteiger partial charge in [0.05, 0.1) is 0 Å². The number of aromatic nitrogens is 2. The molecule has 2 rings (SSSR count). The largest absolute Gasteiger partial charge is 0.480 e. The summed E-state index contributed by atoms with van der Waals surface area (Å²) in [6, 6.07) is 1.95. The van der Waals surface area contributed by atoms with Crippen LogP contribution in [0.15, 0.2) is 6.20 Å². The molecule has 0 unspecified atom stereocenters. The van der Waals surface area contributed by atoms with Crippen molar-refractivity contribution in [3.63, 3.8) is 0 Å².